The van der Waals surface area contributed by atoms with Crippen LogP contribution in [-0.2, 0) is 0 Å². The van der Waals surface area contributed by atoms with Crippen molar-refractivity contribution in [3.05, 3.63) is 60.7 Å². The number of rotatable bonds is 3. The third kappa shape index (κ3) is 2.11. The first kappa shape index (κ1) is 13.6. The quantitative estimate of drug-likeness (QED) is 0.614. The van der Waals surface area contributed by atoms with Crippen molar-refractivity contribution < 1.29 is 9.84 Å². The smallest absolute Gasteiger partial charge is 0.241 e. The number of aromatic nitrogens is 2. The Labute approximate surface area is 133 Å². The second-order valence-corrected chi connectivity index (χ2v) is 5.32. The van der Waals surface area contributed by atoms with Crippen molar-refractivity contribution in [1.29, 1.82) is 0 Å². The van der Waals surface area contributed by atoms with E-state index in [0.717, 1.165) is 27.4 Å². The molecule has 0 radical (unpaired) electrons. The van der Waals surface area contributed by atoms with Crippen molar-refractivity contribution in [2.75, 3.05) is 6.61 Å². The average Bonchev–Trinajstić information content (AvgIpc) is 2.95. The molecule has 0 aliphatic heterocycles. The number of phenolic OH excluding ortho intramolecular Hbond substituents is 1. The first-order chi connectivity index (χ1) is 11.3. The molecule has 0 unspecified atom stereocenters. The zero-order valence-corrected chi connectivity index (χ0v) is 12.7. The van der Waals surface area contributed by atoms with Gasteiger partial charge in [-0.2, -0.15) is 0 Å². The monoisotopic (exact) mass is 304 g/mol. The Morgan fingerprint density at radius 1 is 0.957 bits per heavy atom. The summed E-state index contributed by atoms with van der Waals surface area (Å²) in [5.41, 5.74) is 1.90. The van der Waals surface area contributed by atoms with E-state index in [0.29, 0.717) is 12.5 Å². The lowest BCUT2D eigenvalue weighted by Gasteiger charge is -2.07. The summed E-state index contributed by atoms with van der Waals surface area (Å²) in [4.78, 5) is 0. The summed E-state index contributed by atoms with van der Waals surface area (Å²) in [5, 5.41) is 17.5. The third-order valence-corrected chi connectivity index (χ3v) is 3.91. The maximum atomic E-state index is 10.3. The minimum Gasteiger partial charge on any atom is -0.507 e. The predicted molar refractivity (Wildman–Crippen MR) is 91.4 cm³/mol. The molecule has 4 aromatic rings. The van der Waals surface area contributed by atoms with Crippen molar-refractivity contribution in [3.63, 3.8) is 0 Å². The van der Waals surface area contributed by atoms with Crippen LogP contribution in [0.15, 0.2) is 60.7 Å². The van der Waals surface area contributed by atoms with Gasteiger partial charge in [0.2, 0.25) is 5.88 Å². The number of fused-ring (bicyclic) bond motifs is 3. The molecule has 0 fully saturated rings. The Morgan fingerprint density at radius 3 is 2.39 bits per heavy atom. The molecule has 1 heterocycles. The van der Waals surface area contributed by atoms with Crippen LogP contribution in [0.2, 0.25) is 0 Å². The van der Waals surface area contributed by atoms with Crippen molar-refractivity contribution in [1.82, 2.24) is 9.78 Å². The fraction of sp³-hybridized carbons (Fsp3) is 0.105. The number of ether oxygens (including phenoxy) is 1. The molecule has 0 saturated heterocycles. The summed E-state index contributed by atoms with van der Waals surface area (Å²) >= 11 is 0. The number of hydrogen-bond acceptors (Lipinski definition) is 3. The van der Waals surface area contributed by atoms with Crippen LogP contribution in [0.3, 0.4) is 0 Å². The molecule has 0 bridgehead atoms. The number of phenols is 1. The van der Waals surface area contributed by atoms with E-state index in [9.17, 15) is 5.11 Å². The summed E-state index contributed by atoms with van der Waals surface area (Å²) in [6, 6.07) is 19.5. The van der Waals surface area contributed by atoms with Crippen molar-refractivity contribution >= 4 is 21.7 Å². The Bertz CT molecular complexity index is 991. The first-order valence-corrected chi connectivity index (χ1v) is 7.61. The highest BCUT2D eigenvalue weighted by molar-refractivity contribution is 6.10. The standard InChI is InChI=1S/C19H16N2O2/c1-2-23-19-16-12-17(22)14-10-6-7-11-15(14)18(16)21(20-19)13-8-4-3-5-9-13/h3-12,22H,2H2,1H3. The van der Waals surface area contributed by atoms with Crippen LogP contribution in [-0.4, -0.2) is 21.5 Å². The molecule has 23 heavy (non-hydrogen) atoms. The fourth-order valence-corrected chi connectivity index (χ4v) is 2.93. The molecule has 4 nitrogen and oxygen atoms in total. The van der Waals surface area contributed by atoms with E-state index in [4.69, 9.17) is 4.74 Å². The van der Waals surface area contributed by atoms with Gasteiger partial charge in [-0.1, -0.05) is 42.5 Å². The van der Waals surface area contributed by atoms with Crippen LogP contribution in [0.4, 0.5) is 0 Å². The molecule has 0 spiro atoms. The van der Waals surface area contributed by atoms with Crippen LogP contribution in [0.25, 0.3) is 27.4 Å². The minimum atomic E-state index is 0.238. The lowest BCUT2D eigenvalue weighted by atomic mass is 10.1. The van der Waals surface area contributed by atoms with Crippen molar-refractivity contribution in [2.24, 2.45) is 0 Å². The number of aromatic hydroxyl groups is 1. The van der Waals surface area contributed by atoms with Gasteiger partial charge < -0.3 is 9.84 Å². The van der Waals surface area contributed by atoms with E-state index < -0.39 is 0 Å². The molecule has 0 atom stereocenters. The zero-order chi connectivity index (χ0) is 15.8. The van der Waals surface area contributed by atoms with E-state index in [1.54, 1.807) is 6.07 Å². The van der Waals surface area contributed by atoms with Crippen LogP contribution in [0.5, 0.6) is 11.6 Å². The SMILES string of the molecule is CCOc1nn(-c2ccccc2)c2c1cc(O)c1ccccc12. The molecule has 1 aromatic heterocycles. The Kier molecular flexibility index (Phi) is 3.15. The second kappa shape index (κ2) is 5.32. The van der Waals surface area contributed by atoms with Gasteiger partial charge >= 0.3 is 0 Å². The average molecular weight is 304 g/mol. The Balaban J connectivity index is 2.16. The molecule has 0 aliphatic rings. The van der Waals surface area contributed by atoms with Crippen molar-refractivity contribution in [3.8, 4) is 17.3 Å². The molecule has 1 N–H and O–H groups in total. The number of para-hydroxylation sites is 1. The molecule has 4 heteroatoms. The first-order valence-electron chi connectivity index (χ1n) is 7.61. The lowest BCUT2D eigenvalue weighted by Crippen LogP contribution is -1.97. The molecule has 3 aromatic carbocycles. The van der Waals surface area contributed by atoms with E-state index in [-0.39, 0.29) is 5.75 Å². The van der Waals surface area contributed by atoms with Crippen molar-refractivity contribution in [2.45, 2.75) is 6.92 Å². The van der Waals surface area contributed by atoms with Gasteiger partial charge in [-0.05, 0) is 25.1 Å². The summed E-state index contributed by atoms with van der Waals surface area (Å²) < 4.78 is 7.56. The largest absolute Gasteiger partial charge is 0.507 e. The van der Waals surface area contributed by atoms with Crippen LogP contribution in [0.1, 0.15) is 6.92 Å². The van der Waals surface area contributed by atoms with E-state index in [1.165, 1.54) is 0 Å². The molecule has 114 valence electrons. The summed E-state index contributed by atoms with van der Waals surface area (Å²) in [7, 11) is 0. The lowest BCUT2D eigenvalue weighted by molar-refractivity contribution is 0.328. The van der Waals surface area contributed by atoms with Gasteiger partial charge in [-0.3, -0.25) is 0 Å². The maximum absolute atomic E-state index is 10.3. The summed E-state index contributed by atoms with van der Waals surface area (Å²) in [6.07, 6.45) is 0. The van der Waals surface area contributed by atoms with Crippen LogP contribution < -0.4 is 4.74 Å². The van der Waals surface area contributed by atoms with Gasteiger partial charge in [0, 0.05) is 10.8 Å². The molecule has 0 amide bonds. The highest BCUT2D eigenvalue weighted by atomic mass is 16.5. The minimum absolute atomic E-state index is 0.238. The summed E-state index contributed by atoms with van der Waals surface area (Å²) in [5.74, 6) is 0.772. The maximum Gasteiger partial charge on any atom is 0.241 e. The Morgan fingerprint density at radius 2 is 1.65 bits per heavy atom. The topological polar surface area (TPSA) is 47.3 Å². The number of hydrogen-bond donors (Lipinski definition) is 1. The molecule has 4 rings (SSSR count). The summed E-state index contributed by atoms with van der Waals surface area (Å²) in [6.45, 7) is 2.45. The van der Waals surface area contributed by atoms with Gasteiger partial charge in [0.15, 0.2) is 0 Å². The van der Waals surface area contributed by atoms with Gasteiger partial charge in [0.25, 0.3) is 0 Å². The molecular formula is C19H16N2O2. The normalized spacial score (nSPS) is 11.2. The third-order valence-electron chi connectivity index (χ3n) is 3.91. The molecule has 0 saturated carbocycles. The van der Waals surface area contributed by atoms with Gasteiger partial charge in [-0.15, -0.1) is 5.10 Å². The Hall–Kier alpha value is -3.01. The number of benzene rings is 3. The van der Waals surface area contributed by atoms with Gasteiger partial charge in [-0.25, -0.2) is 4.68 Å². The molecule has 0 aliphatic carbocycles. The van der Waals surface area contributed by atoms with E-state index in [2.05, 4.69) is 5.10 Å². The van der Waals surface area contributed by atoms with Crippen LogP contribution in [0, 0.1) is 0 Å². The predicted octanol–water partition coefficient (Wildman–Crippen LogP) is 4.28. The highest BCUT2D eigenvalue weighted by Gasteiger charge is 2.17. The van der Waals surface area contributed by atoms with Gasteiger partial charge in [0.1, 0.15) is 5.75 Å². The highest BCUT2D eigenvalue weighted by Crippen LogP contribution is 2.38. The second-order valence-electron chi connectivity index (χ2n) is 5.32. The van der Waals surface area contributed by atoms with E-state index >= 15 is 0 Å². The molecular weight excluding hydrogens is 288 g/mol. The van der Waals surface area contributed by atoms with Gasteiger partial charge in [0.05, 0.1) is 23.2 Å². The van der Waals surface area contributed by atoms with E-state index in [1.807, 2.05) is 66.2 Å². The zero-order valence-electron chi connectivity index (χ0n) is 12.7. The number of nitrogens with zero attached hydrogens (tertiary/aromatic N) is 2. The fourth-order valence-electron chi connectivity index (χ4n) is 2.93. The van der Waals surface area contributed by atoms with Crippen LogP contribution >= 0.6 is 0 Å².